The largest absolute Gasteiger partial charge is 0.496 e. The van der Waals surface area contributed by atoms with Crippen LogP contribution in [0.3, 0.4) is 0 Å². The van der Waals surface area contributed by atoms with Crippen LogP contribution in [0.1, 0.15) is 24.6 Å². The van der Waals surface area contributed by atoms with Gasteiger partial charge in [0.05, 0.1) is 12.8 Å². The van der Waals surface area contributed by atoms with Crippen LogP contribution >= 0.6 is 0 Å². The Morgan fingerprint density at radius 3 is 2.72 bits per heavy atom. The minimum absolute atomic E-state index is 0.488. The van der Waals surface area contributed by atoms with E-state index in [0.717, 1.165) is 35.7 Å². The Morgan fingerprint density at radius 1 is 1.22 bits per heavy atom. The monoisotopic (exact) mass is 241 g/mol. The molecular weight excluding hydrogens is 226 g/mol. The fourth-order valence-corrected chi connectivity index (χ4v) is 2.00. The van der Waals surface area contributed by atoms with Crippen LogP contribution in [0, 0.1) is 0 Å². The SMILES string of the molecule is COc1ccccc1-c1cc(N)nc(C2CC2)n1. The van der Waals surface area contributed by atoms with Crippen LogP contribution in [0.5, 0.6) is 5.75 Å². The molecule has 1 aliphatic rings. The van der Waals surface area contributed by atoms with Crippen LogP contribution in [0.25, 0.3) is 11.3 Å². The minimum atomic E-state index is 0.488. The van der Waals surface area contributed by atoms with Gasteiger partial charge in [-0.05, 0) is 25.0 Å². The third-order valence-electron chi connectivity index (χ3n) is 3.09. The molecule has 3 rings (SSSR count). The average Bonchev–Trinajstić information content (AvgIpc) is 3.22. The molecule has 0 atom stereocenters. The number of nitrogen functional groups attached to an aromatic ring is 1. The zero-order chi connectivity index (χ0) is 12.5. The summed E-state index contributed by atoms with van der Waals surface area (Å²) in [7, 11) is 1.66. The van der Waals surface area contributed by atoms with Gasteiger partial charge in [0.15, 0.2) is 0 Å². The van der Waals surface area contributed by atoms with Crippen LogP contribution in [0.2, 0.25) is 0 Å². The normalized spacial score (nSPS) is 14.5. The fourth-order valence-electron chi connectivity index (χ4n) is 2.00. The molecule has 1 heterocycles. The molecule has 1 aromatic heterocycles. The molecule has 4 heteroatoms. The van der Waals surface area contributed by atoms with Gasteiger partial charge in [-0.15, -0.1) is 0 Å². The molecule has 0 unspecified atom stereocenters. The number of ether oxygens (including phenoxy) is 1. The lowest BCUT2D eigenvalue weighted by Crippen LogP contribution is -2.00. The Balaban J connectivity index is 2.10. The van der Waals surface area contributed by atoms with Gasteiger partial charge in [-0.2, -0.15) is 0 Å². The van der Waals surface area contributed by atoms with Crippen molar-refractivity contribution in [2.24, 2.45) is 0 Å². The predicted molar refractivity (Wildman–Crippen MR) is 70.4 cm³/mol. The second kappa shape index (κ2) is 4.29. The molecule has 92 valence electrons. The van der Waals surface area contributed by atoms with Crippen molar-refractivity contribution in [3.63, 3.8) is 0 Å². The molecule has 2 aromatic rings. The Kier molecular flexibility index (Phi) is 2.63. The second-order valence-electron chi connectivity index (χ2n) is 4.51. The first-order chi connectivity index (χ1) is 8.78. The van der Waals surface area contributed by atoms with Gasteiger partial charge in [0.2, 0.25) is 0 Å². The van der Waals surface area contributed by atoms with Crippen LogP contribution < -0.4 is 10.5 Å². The zero-order valence-electron chi connectivity index (χ0n) is 10.3. The summed E-state index contributed by atoms with van der Waals surface area (Å²) in [6.07, 6.45) is 2.32. The average molecular weight is 241 g/mol. The van der Waals surface area contributed by atoms with Crippen LogP contribution in [0.15, 0.2) is 30.3 Å². The first kappa shape index (κ1) is 11.0. The topological polar surface area (TPSA) is 61.0 Å². The van der Waals surface area contributed by atoms with Crippen LogP contribution in [-0.2, 0) is 0 Å². The number of hydrogen-bond acceptors (Lipinski definition) is 4. The van der Waals surface area contributed by atoms with E-state index in [2.05, 4.69) is 9.97 Å². The Hall–Kier alpha value is -2.10. The summed E-state index contributed by atoms with van der Waals surface area (Å²) in [5.74, 6) is 2.67. The van der Waals surface area contributed by atoms with Crippen molar-refractivity contribution in [3.05, 3.63) is 36.2 Å². The second-order valence-corrected chi connectivity index (χ2v) is 4.51. The van der Waals surface area contributed by atoms with Gasteiger partial charge in [-0.3, -0.25) is 0 Å². The Morgan fingerprint density at radius 2 is 2.00 bits per heavy atom. The number of nitrogens with zero attached hydrogens (tertiary/aromatic N) is 2. The number of para-hydroxylation sites is 1. The van der Waals surface area contributed by atoms with E-state index in [1.807, 2.05) is 24.3 Å². The van der Waals surface area contributed by atoms with E-state index in [0.29, 0.717) is 11.7 Å². The third kappa shape index (κ3) is 2.01. The van der Waals surface area contributed by atoms with Gasteiger partial charge >= 0.3 is 0 Å². The molecule has 1 fully saturated rings. The standard InChI is InChI=1S/C14H15N3O/c1-18-12-5-3-2-4-10(12)11-8-13(15)17-14(16-11)9-6-7-9/h2-5,8-9H,6-7H2,1H3,(H2,15,16,17). The van der Waals surface area contributed by atoms with Crippen LogP contribution in [0.4, 0.5) is 5.82 Å². The van der Waals surface area contributed by atoms with E-state index in [1.165, 1.54) is 0 Å². The summed E-state index contributed by atoms with van der Waals surface area (Å²) < 4.78 is 5.35. The van der Waals surface area contributed by atoms with Gasteiger partial charge in [0.1, 0.15) is 17.4 Å². The molecule has 1 saturated carbocycles. The zero-order valence-corrected chi connectivity index (χ0v) is 10.3. The summed E-state index contributed by atoms with van der Waals surface area (Å²) in [5, 5.41) is 0. The van der Waals surface area contributed by atoms with Gasteiger partial charge in [-0.25, -0.2) is 9.97 Å². The molecule has 2 N–H and O–H groups in total. The van der Waals surface area contributed by atoms with E-state index in [1.54, 1.807) is 13.2 Å². The van der Waals surface area contributed by atoms with E-state index in [-0.39, 0.29) is 0 Å². The highest BCUT2D eigenvalue weighted by molar-refractivity contribution is 5.68. The molecule has 0 saturated heterocycles. The van der Waals surface area contributed by atoms with Crippen molar-refractivity contribution < 1.29 is 4.74 Å². The third-order valence-corrected chi connectivity index (χ3v) is 3.09. The molecule has 0 amide bonds. The predicted octanol–water partition coefficient (Wildman–Crippen LogP) is 2.61. The number of aromatic nitrogens is 2. The van der Waals surface area contributed by atoms with E-state index >= 15 is 0 Å². The molecule has 4 nitrogen and oxygen atoms in total. The van der Waals surface area contributed by atoms with Crippen molar-refractivity contribution in [2.75, 3.05) is 12.8 Å². The van der Waals surface area contributed by atoms with Crippen LogP contribution in [-0.4, -0.2) is 17.1 Å². The fraction of sp³-hybridized carbons (Fsp3) is 0.286. The smallest absolute Gasteiger partial charge is 0.134 e. The molecule has 0 aliphatic heterocycles. The maximum absolute atomic E-state index is 5.86. The number of rotatable bonds is 3. The number of anilines is 1. The summed E-state index contributed by atoms with van der Waals surface area (Å²) in [6, 6.07) is 9.60. The first-order valence-electron chi connectivity index (χ1n) is 6.06. The Bertz CT molecular complexity index is 579. The quantitative estimate of drug-likeness (QED) is 0.897. The van der Waals surface area contributed by atoms with Gasteiger partial charge < -0.3 is 10.5 Å². The van der Waals surface area contributed by atoms with E-state index in [9.17, 15) is 0 Å². The lowest BCUT2D eigenvalue weighted by atomic mass is 10.1. The molecular formula is C14H15N3O. The Labute approximate surface area is 106 Å². The highest BCUT2D eigenvalue weighted by Gasteiger charge is 2.27. The molecule has 0 radical (unpaired) electrons. The maximum atomic E-state index is 5.86. The molecule has 18 heavy (non-hydrogen) atoms. The van der Waals surface area contributed by atoms with Gasteiger partial charge in [0.25, 0.3) is 0 Å². The van der Waals surface area contributed by atoms with Crippen molar-refractivity contribution >= 4 is 5.82 Å². The van der Waals surface area contributed by atoms with Crippen molar-refractivity contribution in [1.29, 1.82) is 0 Å². The number of methoxy groups -OCH3 is 1. The van der Waals surface area contributed by atoms with E-state index in [4.69, 9.17) is 10.5 Å². The van der Waals surface area contributed by atoms with Gasteiger partial charge in [-0.1, -0.05) is 12.1 Å². The van der Waals surface area contributed by atoms with Gasteiger partial charge in [0, 0.05) is 17.5 Å². The number of nitrogens with two attached hydrogens (primary N) is 1. The van der Waals surface area contributed by atoms with Crippen molar-refractivity contribution in [1.82, 2.24) is 9.97 Å². The lowest BCUT2D eigenvalue weighted by Gasteiger charge is -2.09. The molecule has 1 aromatic carbocycles. The summed E-state index contributed by atoms with van der Waals surface area (Å²) in [6.45, 7) is 0. The number of benzene rings is 1. The molecule has 1 aliphatic carbocycles. The maximum Gasteiger partial charge on any atom is 0.134 e. The summed E-state index contributed by atoms with van der Waals surface area (Å²) >= 11 is 0. The van der Waals surface area contributed by atoms with Crippen molar-refractivity contribution in [2.45, 2.75) is 18.8 Å². The summed E-state index contributed by atoms with van der Waals surface area (Å²) in [5.41, 5.74) is 7.65. The minimum Gasteiger partial charge on any atom is -0.496 e. The molecule has 0 spiro atoms. The highest BCUT2D eigenvalue weighted by atomic mass is 16.5. The summed E-state index contributed by atoms with van der Waals surface area (Å²) in [4.78, 5) is 8.91. The highest BCUT2D eigenvalue weighted by Crippen LogP contribution is 2.39. The molecule has 0 bridgehead atoms. The number of hydrogen-bond donors (Lipinski definition) is 1. The van der Waals surface area contributed by atoms with E-state index < -0.39 is 0 Å². The first-order valence-corrected chi connectivity index (χ1v) is 6.06. The lowest BCUT2D eigenvalue weighted by molar-refractivity contribution is 0.416. The van der Waals surface area contributed by atoms with Crippen molar-refractivity contribution in [3.8, 4) is 17.0 Å².